The minimum Gasteiger partial charge on any atom is -0.494 e. The molecule has 1 aromatic carbocycles. The molecule has 6 nitrogen and oxygen atoms in total. The zero-order chi connectivity index (χ0) is 17.2. The van der Waals surface area contributed by atoms with Crippen molar-refractivity contribution in [3.8, 4) is 5.75 Å². The first-order valence-electron chi connectivity index (χ1n) is 8.26. The summed E-state index contributed by atoms with van der Waals surface area (Å²) < 4.78 is 35.3. The molecule has 1 atom stereocenters. The van der Waals surface area contributed by atoms with E-state index in [1.54, 1.807) is 24.3 Å². The van der Waals surface area contributed by atoms with E-state index >= 15 is 0 Å². The lowest BCUT2D eigenvalue weighted by molar-refractivity contribution is 0.339. The van der Waals surface area contributed by atoms with Crippen molar-refractivity contribution >= 4 is 10.0 Å². The lowest BCUT2D eigenvalue weighted by atomic mass is 9.99. The first-order valence-corrected chi connectivity index (χ1v) is 9.74. The van der Waals surface area contributed by atoms with Crippen LogP contribution in [-0.2, 0) is 16.6 Å². The van der Waals surface area contributed by atoms with Crippen LogP contribution in [0.2, 0.25) is 0 Å². The molecule has 0 bridgehead atoms. The number of nitrogens with one attached hydrogen (secondary N) is 1. The van der Waals surface area contributed by atoms with Crippen LogP contribution < -0.4 is 9.46 Å². The summed E-state index contributed by atoms with van der Waals surface area (Å²) in [5.41, 5.74) is 0.976. The van der Waals surface area contributed by atoms with Gasteiger partial charge in [-0.2, -0.15) is 0 Å². The van der Waals surface area contributed by atoms with Crippen molar-refractivity contribution in [1.82, 2.24) is 14.3 Å². The molecule has 130 valence electrons. The fourth-order valence-electron chi connectivity index (χ4n) is 3.09. The molecule has 0 fully saturated rings. The summed E-state index contributed by atoms with van der Waals surface area (Å²) in [6.07, 6.45) is 4.01. The Bertz CT molecular complexity index is 814. The molecule has 1 N–H and O–H groups in total. The SMILES string of the molecule is CCOc1cccc(S(=O)(=O)NC[C@@H]2CCCn3cc(C)nc32)c1. The topological polar surface area (TPSA) is 73.2 Å². The van der Waals surface area contributed by atoms with E-state index in [0.29, 0.717) is 18.9 Å². The van der Waals surface area contributed by atoms with Crippen molar-refractivity contribution < 1.29 is 13.2 Å². The summed E-state index contributed by atoms with van der Waals surface area (Å²) in [4.78, 5) is 4.78. The van der Waals surface area contributed by atoms with Crippen LogP contribution in [0.1, 0.15) is 37.2 Å². The van der Waals surface area contributed by atoms with Gasteiger partial charge in [0.2, 0.25) is 10.0 Å². The van der Waals surface area contributed by atoms with Gasteiger partial charge in [-0.25, -0.2) is 18.1 Å². The van der Waals surface area contributed by atoms with Crippen molar-refractivity contribution in [2.24, 2.45) is 0 Å². The second-order valence-electron chi connectivity index (χ2n) is 6.03. The monoisotopic (exact) mass is 349 g/mol. The molecule has 2 aromatic rings. The van der Waals surface area contributed by atoms with Gasteiger partial charge >= 0.3 is 0 Å². The Kier molecular flexibility index (Phi) is 4.91. The highest BCUT2D eigenvalue weighted by Gasteiger charge is 2.24. The van der Waals surface area contributed by atoms with Gasteiger partial charge in [0.05, 0.1) is 17.2 Å². The Morgan fingerprint density at radius 2 is 2.25 bits per heavy atom. The number of rotatable bonds is 6. The normalized spacial score (nSPS) is 17.5. The molecule has 0 saturated heterocycles. The molecule has 2 heterocycles. The first-order chi connectivity index (χ1) is 11.5. The average Bonchev–Trinajstić information content (AvgIpc) is 2.94. The van der Waals surface area contributed by atoms with Gasteiger partial charge in [-0.15, -0.1) is 0 Å². The van der Waals surface area contributed by atoms with Crippen molar-refractivity contribution in [1.29, 1.82) is 0 Å². The first kappa shape index (κ1) is 17.0. The number of ether oxygens (including phenoxy) is 1. The molecular formula is C17H23N3O3S. The number of imidazole rings is 1. The van der Waals surface area contributed by atoms with E-state index in [9.17, 15) is 8.42 Å². The van der Waals surface area contributed by atoms with Crippen molar-refractivity contribution in [2.75, 3.05) is 13.2 Å². The molecule has 0 aliphatic carbocycles. The number of hydrogen-bond donors (Lipinski definition) is 1. The third-order valence-electron chi connectivity index (χ3n) is 4.19. The van der Waals surface area contributed by atoms with Crippen LogP contribution in [0.4, 0.5) is 0 Å². The highest BCUT2D eigenvalue weighted by molar-refractivity contribution is 7.89. The van der Waals surface area contributed by atoms with Crippen LogP contribution in [0.25, 0.3) is 0 Å². The van der Waals surface area contributed by atoms with E-state index in [1.165, 1.54) is 0 Å². The maximum Gasteiger partial charge on any atom is 0.240 e. The summed E-state index contributed by atoms with van der Waals surface area (Å²) in [7, 11) is -3.56. The second kappa shape index (κ2) is 6.94. The van der Waals surface area contributed by atoms with Crippen molar-refractivity contribution in [3.05, 3.63) is 42.0 Å². The van der Waals surface area contributed by atoms with Crippen molar-refractivity contribution in [3.63, 3.8) is 0 Å². The molecule has 0 saturated carbocycles. The molecule has 3 rings (SSSR count). The van der Waals surface area contributed by atoms with Gasteiger partial charge in [0, 0.05) is 31.3 Å². The number of benzene rings is 1. The van der Waals surface area contributed by atoms with E-state index in [1.807, 2.05) is 20.0 Å². The Hall–Kier alpha value is -1.86. The van der Waals surface area contributed by atoms with Gasteiger partial charge in [0.25, 0.3) is 0 Å². The summed E-state index contributed by atoms with van der Waals surface area (Å²) in [5, 5.41) is 0. The summed E-state index contributed by atoms with van der Waals surface area (Å²) >= 11 is 0. The van der Waals surface area contributed by atoms with Gasteiger partial charge in [0.15, 0.2) is 0 Å². The summed E-state index contributed by atoms with van der Waals surface area (Å²) in [5.74, 6) is 1.64. The Labute approximate surface area is 142 Å². The van der Waals surface area contributed by atoms with Crippen LogP contribution >= 0.6 is 0 Å². The lowest BCUT2D eigenvalue weighted by Gasteiger charge is -2.23. The van der Waals surface area contributed by atoms with Gasteiger partial charge in [0.1, 0.15) is 11.6 Å². The Morgan fingerprint density at radius 1 is 1.42 bits per heavy atom. The van der Waals surface area contributed by atoms with Crippen LogP contribution in [0.3, 0.4) is 0 Å². The minimum atomic E-state index is -3.56. The fraction of sp³-hybridized carbons (Fsp3) is 0.471. The largest absolute Gasteiger partial charge is 0.494 e. The highest BCUT2D eigenvalue weighted by Crippen LogP contribution is 2.26. The molecule has 0 amide bonds. The van der Waals surface area contributed by atoms with Gasteiger partial charge in [-0.1, -0.05) is 6.07 Å². The van der Waals surface area contributed by atoms with Crippen LogP contribution in [0.5, 0.6) is 5.75 Å². The van der Waals surface area contributed by atoms with E-state index in [4.69, 9.17) is 4.74 Å². The van der Waals surface area contributed by atoms with Gasteiger partial charge < -0.3 is 9.30 Å². The second-order valence-corrected chi connectivity index (χ2v) is 7.80. The average molecular weight is 349 g/mol. The Morgan fingerprint density at radius 3 is 3.04 bits per heavy atom. The molecular weight excluding hydrogens is 326 g/mol. The number of sulfonamides is 1. The third-order valence-corrected chi connectivity index (χ3v) is 5.61. The van der Waals surface area contributed by atoms with E-state index < -0.39 is 10.0 Å². The van der Waals surface area contributed by atoms with Crippen LogP contribution in [-0.4, -0.2) is 31.1 Å². The molecule has 1 aliphatic heterocycles. The standard InChI is InChI=1S/C17H23N3O3S/c1-3-23-15-7-4-8-16(10-15)24(21,22)18-11-14-6-5-9-20-12-13(2)19-17(14)20/h4,7-8,10,12,14,18H,3,5-6,9,11H2,1-2H3/t14-/m0/s1. The molecule has 24 heavy (non-hydrogen) atoms. The maximum absolute atomic E-state index is 12.6. The summed E-state index contributed by atoms with van der Waals surface area (Å²) in [6, 6.07) is 6.58. The third kappa shape index (κ3) is 3.62. The number of hydrogen-bond acceptors (Lipinski definition) is 4. The highest BCUT2D eigenvalue weighted by atomic mass is 32.2. The molecule has 0 spiro atoms. The number of aromatic nitrogens is 2. The lowest BCUT2D eigenvalue weighted by Crippen LogP contribution is -2.31. The molecule has 0 radical (unpaired) electrons. The predicted octanol–water partition coefficient (Wildman–Crippen LogP) is 2.45. The van der Waals surface area contributed by atoms with E-state index in [2.05, 4.69) is 14.3 Å². The van der Waals surface area contributed by atoms with Crippen LogP contribution in [0.15, 0.2) is 35.4 Å². The zero-order valence-corrected chi connectivity index (χ0v) is 14.8. The van der Waals surface area contributed by atoms with Gasteiger partial charge in [-0.3, -0.25) is 0 Å². The number of fused-ring (bicyclic) bond motifs is 1. The van der Waals surface area contributed by atoms with E-state index in [0.717, 1.165) is 30.9 Å². The van der Waals surface area contributed by atoms with Crippen LogP contribution in [0, 0.1) is 6.92 Å². The predicted molar refractivity (Wildman–Crippen MR) is 91.7 cm³/mol. The molecule has 7 heteroatoms. The van der Waals surface area contributed by atoms with E-state index in [-0.39, 0.29) is 10.8 Å². The molecule has 0 unspecified atom stereocenters. The summed E-state index contributed by atoms with van der Waals surface area (Å²) in [6.45, 7) is 5.65. The number of aryl methyl sites for hydroxylation is 2. The minimum absolute atomic E-state index is 0.109. The quantitative estimate of drug-likeness (QED) is 0.869. The number of nitrogens with zero attached hydrogens (tertiary/aromatic N) is 2. The fourth-order valence-corrected chi connectivity index (χ4v) is 4.21. The van der Waals surface area contributed by atoms with Crippen molar-refractivity contribution in [2.45, 2.75) is 44.0 Å². The van der Waals surface area contributed by atoms with Gasteiger partial charge in [-0.05, 0) is 38.8 Å². The molecule has 1 aliphatic rings. The maximum atomic E-state index is 12.6. The molecule has 1 aromatic heterocycles. The Balaban J connectivity index is 1.73. The smallest absolute Gasteiger partial charge is 0.240 e. The zero-order valence-electron chi connectivity index (χ0n) is 14.0.